The predicted octanol–water partition coefficient (Wildman–Crippen LogP) is 1.85. The Morgan fingerprint density at radius 3 is 2.94 bits per heavy atom. The minimum atomic E-state index is 0.825. The van der Waals surface area contributed by atoms with E-state index in [4.69, 9.17) is 4.42 Å². The topological polar surface area (TPSA) is 28.4 Å². The lowest BCUT2D eigenvalue weighted by Gasteiger charge is -2.23. The fourth-order valence-electron chi connectivity index (χ4n) is 2.59. The highest BCUT2D eigenvalue weighted by Crippen LogP contribution is 2.29. The molecule has 1 aliphatic carbocycles. The SMILES string of the molecule is c1coc(CN(CC2CCNC2)C2CC2)c1. The molecule has 0 aromatic carbocycles. The smallest absolute Gasteiger partial charge is 0.117 e. The second-order valence-corrected chi connectivity index (χ2v) is 5.10. The van der Waals surface area contributed by atoms with E-state index in [9.17, 15) is 0 Å². The van der Waals surface area contributed by atoms with Crippen molar-refractivity contribution in [2.24, 2.45) is 5.92 Å². The Morgan fingerprint density at radius 1 is 1.38 bits per heavy atom. The molecule has 1 N–H and O–H groups in total. The summed E-state index contributed by atoms with van der Waals surface area (Å²) in [5.41, 5.74) is 0. The summed E-state index contributed by atoms with van der Waals surface area (Å²) in [5, 5.41) is 3.45. The first kappa shape index (κ1) is 10.4. The van der Waals surface area contributed by atoms with Crippen molar-refractivity contribution in [3.63, 3.8) is 0 Å². The largest absolute Gasteiger partial charge is 0.468 e. The number of nitrogens with zero attached hydrogens (tertiary/aromatic N) is 1. The third-order valence-electron chi connectivity index (χ3n) is 3.66. The van der Waals surface area contributed by atoms with Gasteiger partial charge in [-0.05, 0) is 50.4 Å². The van der Waals surface area contributed by atoms with Crippen LogP contribution in [0.3, 0.4) is 0 Å². The fraction of sp³-hybridized carbons (Fsp3) is 0.692. The molecular formula is C13H20N2O. The van der Waals surface area contributed by atoms with Gasteiger partial charge in [0.15, 0.2) is 0 Å². The lowest BCUT2D eigenvalue weighted by atomic mass is 10.1. The first-order valence-electron chi connectivity index (χ1n) is 6.39. The maximum Gasteiger partial charge on any atom is 0.117 e. The number of nitrogens with one attached hydrogen (secondary N) is 1. The van der Waals surface area contributed by atoms with Gasteiger partial charge in [-0.25, -0.2) is 0 Å². The molecule has 88 valence electrons. The molecule has 1 unspecified atom stereocenters. The van der Waals surface area contributed by atoms with E-state index < -0.39 is 0 Å². The van der Waals surface area contributed by atoms with Crippen LogP contribution in [-0.4, -0.2) is 30.6 Å². The average Bonchev–Trinajstić information content (AvgIpc) is 2.79. The Hall–Kier alpha value is -0.800. The first-order valence-corrected chi connectivity index (χ1v) is 6.39. The molecule has 2 fully saturated rings. The van der Waals surface area contributed by atoms with Crippen LogP contribution in [-0.2, 0) is 6.54 Å². The van der Waals surface area contributed by atoms with Crippen molar-refractivity contribution in [1.29, 1.82) is 0 Å². The van der Waals surface area contributed by atoms with Crippen LogP contribution in [0.4, 0.5) is 0 Å². The summed E-state index contributed by atoms with van der Waals surface area (Å²) in [4.78, 5) is 2.61. The van der Waals surface area contributed by atoms with E-state index in [0.717, 1.165) is 24.3 Å². The number of furan rings is 1. The summed E-state index contributed by atoms with van der Waals surface area (Å²) < 4.78 is 5.45. The second-order valence-electron chi connectivity index (χ2n) is 5.10. The van der Waals surface area contributed by atoms with Crippen LogP contribution < -0.4 is 5.32 Å². The molecule has 1 aromatic heterocycles. The minimum absolute atomic E-state index is 0.825. The highest BCUT2D eigenvalue weighted by Gasteiger charge is 2.31. The van der Waals surface area contributed by atoms with Gasteiger partial charge in [0.2, 0.25) is 0 Å². The van der Waals surface area contributed by atoms with Gasteiger partial charge in [-0.1, -0.05) is 0 Å². The summed E-state index contributed by atoms with van der Waals surface area (Å²) in [6, 6.07) is 4.89. The van der Waals surface area contributed by atoms with Crippen molar-refractivity contribution < 1.29 is 4.42 Å². The molecule has 0 bridgehead atoms. The maximum absolute atomic E-state index is 5.45. The van der Waals surface area contributed by atoms with Crippen LogP contribution >= 0.6 is 0 Å². The van der Waals surface area contributed by atoms with E-state index in [1.807, 2.05) is 6.07 Å². The van der Waals surface area contributed by atoms with Crippen molar-refractivity contribution in [3.05, 3.63) is 24.2 Å². The monoisotopic (exact) mass is 220 g/mol. The van der Waals surface area contributed by atoms with Crippen molar-refractivity contribution in [1.82, 2.24) is 10.2 Å². The highest BCUT2D eigenvalue weighted by molar-refractivity contribution is 5.00. The van der Waals surface area contributed by atoms with Gasteiger partial charge >= 0.3 is 0 Å². The van der Waals surface area contributed by atoms with Crippen LogP contribution in [0.5, 0.6) is 0 Å². The molecule has 16 heavy (non-hydrogen) atoms. The van der Waals surface area contributed by atoms with Gasteiger partial charge in [-0.15, -0.1) is 0 Å². The average molecular weight is 220 g/mol. The molecule has 1 aromatic rings. The van der Waals surface area contributed by atoms with Crippen LogP contribution in [0.2, 0.25) is 0 Å². The first-order chi connectivity index (χ1) is 7.92. The van der Waals surface area contributed by atoms with Gasteiger partial charge in [-0.2, -0.15) is 0 Å². The van der Waals surface area contributed by atoms with Crippen molar-refractivity contribution >= 4 is 0 Å². The van der Waals surface area contributed by atoms with Crippen molar-refractivity contribution in [2.45, 2.75) is 31.8 Å². The van der Waals surface area contributed by atoms with Crippen LogP contribution in [0.15, 0.2) is 22.8 Å². The molecular weight excluding hydrogens is 200 g/mol. The van der Waals surface area contributed by atoms with Gasteiger partial charge in [0.25, 0.3) is 0 Å². The quantitative estimate of drug-likeness (QED) is 0.821. The molecule has 3 nitrogen and oxygen atoms in total. The second kappa shape index (κ2) is 4.60. The van der Waals surface area contributed by atoms with Crippen LogP contribution in [0, 0.1) is 5.92 Å². The van der Waals surface area contributed by atoms with Gasteiger partial charge in [0, 0.05) is 12.6 Å². The molecule has 1 saturated heterocycles. The Labute approximate surface area is 96.8 Å². The molecule has 1 aliphatic heterocycles. The summed E-state index contributed by atoms with van der Waals surface area (Å²) in [5.74, 6) is 1.95. The summed E-state index contributed by atoms with van der Waals surface area (Å²) in [7, 11) is 0. The Morgan fingerprint density at radius 2 is 2.31 bits per heavy atom. The number of hydrogen-bond acceptors (Lipinski definition) is 3. The number of rotatable bonds is 5. The minimum Gasteiger partial charge on any atom is -0.468 e. The van der Waals surface area contributed by atoms with Crippen molar-refractivity contribution in [3.8, 4) is 0 Å². The summed E-state index contributed by atoms with van der Waals surface area (Å²) >= 11 is 0. The zero-order valence-electron chi connectivity index (χ0n) is 9.69. The molecule has 0 radical (unpaired) electrons. The van der Waals surface area contributed by atoms with E-state index in [0.29, 0.717) is 0 Å². The van der Waals surface area contributed by atoms with Gasteiger partial charge in [0.05, 0.1) is 12.8 Å². The Kier molecular flexibility index (Phi) is 2.98. The van der Waals surface area contributed by atoms with Crippen LogP contribution in [0.1, 0.15) is 25.0 Å². The molecule has 0 spiro atoms. The number of hydrogen-bond donors (Lipinski definition) is 1. The molecule has 0 amide bonds. The third-order valence-corrected chi connectivity index (χ3v) is 3.66. The van der Waals surface area contributed by atoms with E-state index >= 15 is 0 Å². The molecule has 3 rings (SSSR count). The highest BCUT2D eigenvalue weighted by atomic mass is 16.3. The van der Waals surface area contributed by atoms with Crippen molar-refractivity contribution in [2.75, 3.05) is 19.6 Å². The third kappa shape index (κ3) is 2.47. The van der Waals surface area contributed by atoms with Gasteiger partial charge in [0.1, 0.15) is 5.76 Å². The summed E-state index contributed by atoms with van der Waals surface area (Å²) in [6.45, 7) is 4.62. The molecule has 1 atom stereocenters. The fourth-order valence-corrected chi connectivity index (χ4v) is 2.59. The van der Waals surface area contributed by atoms with Crippen LogP contribution in [0.25, 0.3) is 0 Å². The lowest BCUT2D eigenvalue weighted by Crippen LogP contribution is -2.31. The Bertz CT molecular complexity index is 313. The van der Waals surface area contributed by atoms with E-state index in [1.54, 1.807) is 6.26 Å². The Balaban J connectivity index is 1.57. The maximum atomic E-state index is 5.45. The van der Waals surface area contributed by atoms with Gasteiger partial charge < -0.3 is 9.73 Å². The van der Waals surface area contributed by atoms with E-state index in [-0.39, 0.29) is 0 Å². The standard InChI is InChI=1S/C13H20N2O/c1-2-13(16-7-1)10-15(12-3-4-12)9-11-5-6-14-8-11/h1-2,7,11-12,14H,3-6,8-10H2. The molecule has 1 saturated carbocycles. The van der Waals surface area contributed by atoms with Gasteiger partial charge in [-0.3, -0.25) is 4.90 Å². The van der Waals surface area contributed by atoms with E-state index in [1.165, 1.54) is 38.9 Å². The lowest BCUT2D eigenvalue weighted by molar-refractivity contribution is 0.203. The zero-order chi connectivity index (χ0) is 10.8. The molecule has 3 heteroatoms. The normalized spacial score (nSPS) is 25.4. The molecule has 2 aliphatic rings. The molecule has 2 heterocycles. The summed E-state index contributed by atoms with van der Waals surface area (Å²) in [6.07, 6.45) is 5.86. The zero-order valence-corrected chi connectivity index (χ0v) is 9.69. The van der Waals surface area contributed by atoms with E-state index in [2.05, 4.69) is 16.3 Å². The predicted molar refractivity (Wildman–Crippen MR) is 63.1 cm³/mol.